The van der Waals surface area contributed by atoms with Gasteiger partial charge >= 0.3 is 11.9 Å². The van der Waals surface area contributed by atoms with Crippen LogP contribution in [0, 0.1) is 41.5 Å². The molecule has 26 heteroatoms. The number of hydrogen-bond acceptors (Lipinski definition) is 16. The number of rotatable bonds is 13. The van der Waals surface area contributed by atoms with Gasteiger partial charge in [-0.1, -0.05) is 0 Å². The van der Waals surface area contributed by atoms with E-state index < -0.39 is 47.4 Å². The molecule has 0 amide bonds. The maximum absolute atomic E-state index is 13.7. The van der Waals surface area contributed by atoms with Gasteiger partial charge in [0, 0.05) is 91.9 Å². The Morgan fingerprint density at radius 2 is 0.923 bits per heavy atom. The van der Waals surface area contributed by atoms with Gasteiger partial charge in [0.05, 0.1) is 29.4 Å². The van der Waals surface area contributed by atoms with Crippen molar-refractivity contribution in [3.8, 4) is 17.8 Å². The number of nitrogens with zero attached hydrogens (tertiary/aromatic N) is 12. The molecule has 78 heavy (non-hydrogen) atoms. The zero-order chi connectivity index (χ0) is 56.9. The average molecular weight is 1100 g/mol. The highest BCUT2D eigenvalue weighted by Gasteiger charge is 2.39. The lowest BCUT2D eigenvalue weighted by molar-refractivity contribution is -0.0380. The summed E-state index contributed by atoms with van der Waals surface area (Å²) >= 11 is 0. The summed E-state index contributed by atoms with van der Waals surface area (Å²) in [6.07, 6.45) is 2.11. The second-order valence-electron chi connectivity index (χ2n) is 20.8. The summed E-state index contributed by atoms with van der Waals surface area (Å²) in [4.78, 5) is 49.3. The van der Waals surface area contributed by atoms with Gasteiger partial charge in [-0.3, -0.25) is 0 Å². The molecular weight excluding hydrogens is 1030 g/mol. The van der Waals surface area contributed by atoms with Crippen LogP contribution >= 0.6 is 0 Å². The zero-order valence-corrected chi connectivity index (χ0v) is 45.1. The van der Waals surface area contributed by atoms with Crippen LogP contribution < -0.4 is 16.0 Å². The highest BCUT2D eigenvalue weighted by Crippen LogP contribution is 2.37. The van der Waals surface area contributed by atoms with Gasteiger partial charge in [-0.2, -0.15) is 30.2 Å². The summed E-state index contributed by atoms with van der Waals surface area (Å²) in [5, 5.41) is 41.7. The van der Waals surface area contributed by atoms with Crippen molar-refractivity contribution in [2.45, 2.75) is 181 Å². The normalized spacial score (nSPS) is 19.6. The van der Waals surface area contributed by atoms with Crippen LogP contribution in [0.5, 0.6) is 0 Å². The van der Waals surface area contributed by atoms with Gasteiger partial charge in [0.1, 0.15) is 23.1 Å². The average Bonchev–Trinajstić information content (AvgIpc) is 4.01. The number of nitrogens with one attached hydrogen (secondary N) is 3. The summed E-state index contributed by atoms with van der Waals surface area (Å²) < 4.78 is 91.5. The fourth-order valence-electron chi connectivity index (χ4n) is 9.55. The molecule has 3 aliphatic rings. The van der Waals surface area contributed by atoms with Crippen molar-refractivity contribution >= 4 is 29.4 Å². The Morgan fingerprint density at radius 3 is 1.24 bits per heavy atom. The monoisotopic (exact) mass is 1100 g/mol. The molecule has 9 rings (SSSR count). The fourth-order valence-corrected chi connectivity index (χ4v) is 9.55. The Labute approximate surface area is 447 Å². The third-order valence-corrected chi connectivity index (χ3v) is 13.0. The van der Waals surface area contributed by atoms with E-state index in [1.807, 2.05) is 45.9 Å². The van der Waals surface area contributed by atoms with Gasteiger partial charge in [0.2, 0.25) is 17.8 Å². The van der Waals surface area contributed by atoms with Crippen LogP contribution in [0.1, 0.15) is 159 Å². The number of aliphatic hydroxyl groups is 1. The van der Waals surface area contributed by atoms with Crippen LogP contribution in [-0.4, -0.2) is 124 Å². The molecule has 0 radical (unpaired) electrons. The molecule has 5 N–H and O–H groups in total. The van der Waals surface area contributed by atoms with E-state index in [9.17, 15) is 46.1 Å². The first-order valence-corrected chi connectivity index (χ1v) is 25.9. The number of esters is 1. The molecule has 0 bridgehead atoms. The highest BCUT2D eigenvalue weighted by atomic mass is 19.3. The number of aryl methyl sites for hydroxylation is 6. The van der Waals surface area contributed by atoms with Crippen LogP contribution in [0.15, 0.2) is 36.4 Å². The quantitative estimate of drug-likeness (QED) is 0.0533. The van der Waals surface area contributed by atoms with E-state index in [2.05, 4.69) is 61.2 Å². The molecule has 3 aliphatic carbocycles. The molecule has 0 saturated heterocycles. The number of aromatic nitrogens is 12. The molecule has 6 aromatic heterocycles. The summed E-state index contributed by atoms with van der Waals surface area (Å²) in [7, 11) is 0. The van der Waals surface area contributed by atoms with Gasteiger partial charge in [-0.05, 0) is 119 Å². The minimum atomic E-state index is -2.71. The van der Waals surface area contributed by atoms with Gasteiger partial charge < -0.3 is 30.9 Å². The molecule has 0 aromatic carbocycles. The predicted molar refractivity (Wildman–Crippen MR) is 277 cm³/mol. The lowest BCUT2D eigenvalue weighted by atomic mass is 9.92. The van der Waals surface area contributed by atoms with Crippen LogP contribution in [0.4, 0.5) is 43.8 Å². The van der Waals surface area contributed by atoms with E-state index in [0.29, 0.717) is 61.8 Å². The van der Waals surface area contributed by atoms with E-state index in [1.54, 1.807) is 45.4 Å². The second-order valence-corrected chi connectivity index (χ2v) is 20.8. The molecule has 3 fully saturated rings. The number of carboxylic acid groups (broad SMARTS) is 1. The number of halogens is 6. The van der Waals surface area contributed by atoms with Gasteiger partial charge in [0.25, 0.3) is 17.8 Å². The maximum atomic E-state index is 13.7. The molecule has 3 saturated carbocycles. The molecule has 3 unspecified atom stereocenters. The van der Waals surface area contributed by atoms with Crippen molar-refractivity contribution in [2.24, 2.45) is 0 Å². The molecule has 6 aromatic rings. The number of aromatic carboxylic acids is 1. The number of hydrogen-bond donors (Lipinski definition) is 5. The van der Waals surface area contributed by atoms with Crippen molar-refractivity contribution in [1.29, 1.82) is 0 Å². The number of carbonyl (C=O) groups is 2. The topological polar surface area (TPSA) is 251 Å². The highest BCUT2D eigenvalue weighted by molar-refractivity contribution is 5.88. The minimum absolute atomic E-state index is 0.0551. The molecule has 3 atom stereocenters. The van der Waals surface area contributed by atoms with Crippen LogP contribution in [0.3, 0.4) is 0 Å². The number of anilines is 3. The van der Waals surface area contributed by atoms with E-state index >= 15 is 0 Å². The van der Waals surface area contributed by atoms with Crippen molar-refractivity contribution in [3.63, 3.8) is 0 Å². The first-order valence-electron chi connectivity index (χ1n) is 25.9. The summed E-state index contributed by atoms with van der Waals surface area (Å²) in [6.45, 7) is 16.2. The molecule has 0 spiro atoms. The Morgan fingerprint density at radius 1 is 0.577 bits per heavy atom. The van der Waals surface area contributed by atoms with Crippen LogP contribution in [0.25, 0.3) is 17.8 Å². The number of carboxylic acids is 1. The number of ether oxygens (including phenoxy) is 1. The number of carbonyl (C=O) groups excluding carboxylic acids is 1. The Hall–Kier alpha value is -7.25. The van der Waals surface area contributed by atoms with Gasteiger partial charge in [-0.25, -0.2) is 64.9 Å². The number of alkyl halides is 6. The summed E-state index contributed by atoms with van der Waals surface area (Å²) in [5.41, 5.74) is 3.77. The second kappa shape index (κ2) is 23.8. The SMILES string of the molecule is CCOC(=O)c1cc(NC2CCCC(F)(F)C2)nc(-n2nc(C)cc2C)n1.Cc1cc(C)n(-c2nc(NC3CCCC(F)(F)C3)cc(C(=O)O)n2)n1.Cc1cc(C)n(-c2nc(NC3CCCC(F)(F)C3)cc(C(C)(C)O)n2)n1. The van der Waals surface area contributed by atoms with Gasteiger partial charge in [0.15, 0.2) is 11.4 Å². The standard InChI is InChI=1S/C18H23F2N5O2.C18H25F2N5O.C16H19F2N5O2/c1-4-27-16(26)14-9-15(21-13-6-5-7-18(19,20)10-13)23-17(22-14)25-12(3)8-11(2)24-25;1-11-8-12(2)25(24-11)16-22-14(17(3,4)26)9-15(23-16)21-13-6-5-7-18(19,20)10-13;1-9-6-10(2)23(22-9)15-20-12(14(24)25)7-13(21-15)19-11-4-3-5-16(17,18)8-11/h8-9,13H,4-7,10H2,1-3H3,(H,21,22,23);8-9,13,26H,5-7,10H2,1-4H3,(H,21,22,23);6-7,11H,3-5,8H2,1-2H3,(H,24,25)(H,19,20,21). The summed E-state index contributed by atoms with van der Waals surface area (Å²) in [6, 6.07) is 8.61. The molecular formula is C52H67F6N15O5. The van der Waals surface area contributed by atoms with Crippen molar-refractivity contribution in [3.05, 3.63) is 87.6 Å². The van der Waals surface area contributed by atoms with E-state index in [-0.39, 0.29) is 80.3 Å². The lowest BCUT2D eigenvalue weighted by Crippen LogP contribution is -2.34. The lowest BCUT2D eigenvalue weighted by Gasteiger charge is -2.30. The van der Waals surface area contributed by atoms with E-state index in [4.69, 9.17) is 4.74 Å². The van der Waals surface area contributed by atoms with Crippen LogP contribution in [-0.2, 0) is 10.3 Å². The first-order chi connectivity index (χ1) is 36.5. The smallest absolute Gasteiger partial charge is 0.357 e. The minimum Gasteiger partial charge on any atom is -0.477 e. The maximum Gasteiger partial charge on any atom is 0.357 e. The Kier molecular flexibility index (Phi) is 17.8. The summed E-state index contributed by atoms with van der Waals surface area (Å²) in [5.74, 6) is -8.35. The van der Waals surface area contributed by atoms with E-state index in [0.717, 1.165) is 34.2 Å². The largest absolute Gasteiger partial charge is 0.477 e. The molecule has 0 aliphatic heterocycles. The third-order valence-electron chi connectivity index (χ3n) is 13.0. The first kappa shape index (κ1) is 58.4. The molecule has 6 heterocycles. The van der Waals surface area contributed by atoms with Crippen molar-refractivity contribution in [1.82, 2.24) is 59.2 Å². The molecule has 422 valence electrons. The predicted octanol–water partition coefficient (Wildman–Crippen LogP) is 9.91. The van der Waals surface area contributed by atoms with E-state index in [1.165, 1.54) is 21.5 Å². The van der Waals surface area contributed by atoms with Crippen molar-refractivity contribution in [2.75, 3.05) is 22.6 Å². The molecule has 20 nitrogen and oxygen atoms in total. The Balaban J connectivity index is 0.000000170. The van der Waals surface area contributed by atoms with Gasteiger partial charge in [-0.15, -0.1) is 0 Å². The van der Waals surface area contributed by atoms with Crippen LogP contribution in [0.2, 0.25) is 0 Å². The zero-order valence-electron chi connectivity index (χ0n) is 45.1. The fraction of sp³-hybridized carbons (Fsp3) is 0.558. The Bertz CT molecular complexity index is 3080. The third kappa shape index (κ3) is 15.7. The van der Waals surface area contributed by atoms with Crippen molar-refractivity contribution < 1.29 is 50.9 Å².